The molecular formula is C21H32ClN3O2. The highest BCUT2D eigenvalue weighted by molar-refractivity contribution is 5.85. The summed E-state index contributed by atoms with van der Waals surface area (Å²) < 4.78 is 5.47. The van der Waals surface area contributed by atoms with Gasteiger partial charge in [-0.1, -0.05) is 31.2 Å². The Labute approximate surface area is 168 Å². The second kappa shape index (κ2) is 9.37. The van der Waals surface area contributed by atoms with Gasteiger partial charge in [0.05, 0.1) is 6.04 Å². The van der Waals surface area contributed by atoms with Gasteiger partial charge in [0.25, 0.3) is 0 Å². The minimum Gasteiger partial charge on any atom is -0.381 e. The third-order valence-electron chi connectivity index (χ3n) is 6.30. The van der Waals surface area contributed by atoms with Gasteiger partial charge >= 0.3 is 0 Å². The second-order valence-electron chi connectivity index (χ2n) is 7.73. The van der Waals surface area contributed by atoms with Crippen LogP contribution in [0.3, 0.4) is 0 Å². The van der Waals surface area contributed by atoms with Crippen molar-refractivity contribution in [2.75, 3.05) is 39.4 Å². The van der Waals surface area contributed by atoms with Crippen LogP contribution < -0.4 is 5.32 Å². The largest absolute Gasteiger partial charge is 0.381 e. The number of piperazine rings is 1. The molecule has 0 radical (unpaired) electrons. The molecule has 2 atom stereocenters. The molecule has 3 heterocycles. The van der Waals surface area contributed by atoms with Crippen LogP contribution in [-0.2, 0) is 16.0 Å². The number of ether oxygens (including phenoxy) is 1. The van der Waals surface area contributed by atoms with Crippen LogP contribution in [-0.4, -0.2) is 67.2 Å². The fourth-order valence-corrected chi connectivity index (χ4v) is 4.73. The number of carbonyl (C=O) groups is 1. The molecule has 6 heteroatoms. The van der Waals surface area contributed by atoms with E-state index in [9.17, 15) is 4.79 Å². The topological polar surface area (TPSA) is 44.8 Å². The van der Waals surface area contributed by atoms with E-state index >= 15 is 0 Å². The van der Waals surface area contributed by atoms with Crippen LogP contribution >= 0.6 is 12.4 Å². The van der Waals surface area contributed by atoms with Crippen molar-refractivity contribution >= 4 is 18.3 Å². The summed E-state index contributed by atoms with van der Waals surface area (Å²) in [6.45, 7) is 7.50. The molecule has 27 heavy (non-hydrogen) atoms. The fourth-order valence-electron chi connectivity index (χ4n) is 4.73. The lowest BCUT2D eigenvalue weighted by Gasteiger charge is -2.40. The van der Waals surface area contributed by atoms with Crippen molar-refractivity contribution < 1.29 is 9.53 Å². The molecule has 1 aromatic rings. The van der Waals surface area contributed by atoms with Crippen molar-refractivity contribution in [2.45, 2.75) is 50.7 Å². The Kier molecular flexibility index (Phi) is 7.15. The predicted molar refractivity (Wildman–Crippen MR) is 109 cm³/mol. The summed E-state index contributed by atoms with van der Waals surface area (Å²) in [4.78, 5) is 17.8. The standard InChI is InChI=1S/C21H31N3O2.ClH/c1-2-16-3-5-17(6-4-16)20-15-22-10-12-24(20)19-7-11-23(21(19)25)18-8-13-26-14-9-18;/h3-6,18-20,22H,2,7-15H2,1H3;1H. The van der Waals surface area contributed by atoms with Crippen LogP contribution in [0.15, 0.2) is 24.3 Å². The molecule has 0 aromatic heterocycles. The van der Waals surface area contributed by atoms with E-state index in [-0.39, 0.29) is 18.4 Å². The lowest BCUT2D eigenvalue weighted by atomic mass is 9.98. The number of carbonyl (C=O) groups excluding carboxylic acids is 1. The summed E-state index contributed by atoms with van der Waals surface area (Å²) >= 11 is 0. The smallest absolute Gasteiger partial charge is 0.240 e. The monoisotopic (exact) mass is 393 g/mol. The van der Waals surface area contributed by atoms with Crippen molar-refractivity contribution in [3.8, 4) is 0 Å². The molecule has 1 amide bonds. The number of nitrogens with one attached hydrogen (secondary N) is 1. The Hall–Kier alpha value is -1.14. The van der Waals surface area contributed by atoms with E-state index in [1.165, 1.54) is 11.1 Å². The van der Waals surface area contributed by atoms with Crippen LogP contribution in [0.2, 0.25) is 0 Å². The first-order chi connectivity index (χ1) is 12.8. The van der Waals surface area contributed by atoms with E-state index in [1.54, 1.807) is 0 Å². The normalized spacial score (nSPS) is 27.6. The number of hydrogen-bond acceptors (Lipinski definition) is 4. The van der Waals surface area contributed by atoms with Gasteiger partial charge in [-0.2, -0.15) is 0 Å². The number of hydrogen-bond donors (Lipinski definition) is 1. The molecule has 1 N–H and O–H groups in total. The third kappa shape index (κ3) is 4.32. The van der Waals surface area contributed by atoms with Crippen molar-refractivity contribution in [3.05, 3.63) is 35.4 Å². The summed E-state index contributed by atoms with van der Waals surface area (Å²) in [6, 6.07) is 9.67. The molecule has 2 unspecified atom stereocenters. The van der Waals surface area contributed by atoms with Crippen LogP contribution in [0.1, 0.15) is 43.4 Å². The lowest BCUT2D eigenvalue weighted by molar-refractivity contribution is -0.136. The SMILES string of the molecule is CCc1ccc(C2CNCCN2C2CCN(C3CCOCC3)C2=O)cc1.Cl. The Bertz CT molecular complexity index is 618. The number of rotatable bonds is 4. The average molecular weight is 394 g/mol. The average Bonchev–Trinajstić information content (AvgIpc) is 3.10. The van der Waals surface area contributed by atoms with E-state index in [1.807, 2.05) is 0 Å². The van der Waals surface area contributed by atoms with Crippen LogP contribution in [0.25, 0.3) is 0 Å². The second-order valence-corrected chi connectivity index (χ2v) is 7.73. The molecule has 150 valence electrons. The minimum absolute atomic E-state index is 0. The third-order valence-corrected chi connectivity index (χ3v) is 6.30. The van der Waals surface area contributed by atoms with E-state index in [0.717, 1.165) is 65.1 Å². The number of halogens is 1. The quantitative estimate of drug-likeness (QED) is 0.853. The molecule has 3 saturated heterocycles. The van der Waals surface area contributed by atoms with Crippen LogP contribution in [0.4, 0.5) is 0 Å². The van der Waals surface area contributed by atoms with Crippen molar-refractivity contribution in [2.24, 2.45) is 0 Å². The molecule has 3 aliphatic rings. The van der Waals surface area contributed by atoms with E-state index in [4.69, 9.17) is 4.74 Å². The van der Waals surface area contributed by atoms with Crippen LogP contribution in [0, 0.1) is 0 Å². The summed E-state index contributed by atoms with van der Waals surface area (Å²) in [6.07, 6.45) is 4.00. The first-order valence-corrected chi connectivity index (χ1v) is 10.2. The van der Waals surface area contributed by atoms with Gasteiger partial charge in [-0.15, -0.1) is 12.4 Å². The van der Waals surface area contributed by atoms with Gasteiger partial charge in [0.1, 0.15) is 0 Å². The maximum atomic E-state index is 13.2. The highest BCUT2D eigenvalue weighted by Crippen LogP contribution is 2.31. The van der Waals surface area contributed by atoms with Crippen molar-refractivity contribution in [3.63, 3.8) is 0 Å². The zero-order chi connectivity index (χ0) is 17.9. The molecule has 4 rings (SSSR count). The molecule has 3 fully saturated rings. The summed E-state index contributed by atoms with van der Waals surface area (Å²) in [5.41, 5.74) is 2.69. The van der Waals surface area contributed by atoms with Gasteiger partial charge in [0, 0.05) is 51.5 Å². The molecule has 1 aromatic carbocycles. The summed E-state index contributed by atoms with van der Waals surface area (Å²) in [7, 11) is 0. The molecule has 0 saturated carbocycles. The summed E-state index contributed by atoms with van der Waals surface area (Å²) in [5.74, 6) is 0.342. The Balaban J connectivity index is 0.00000210. The zero-order valence-corrected chi connectivity index (χ0v) is 17.0. The van der Waals surface area contributed by atoms with E-state index in [2.05, 4.69) is 46.3 Å². The first-order valence-electron chi connectivity index (χ1n) is 10.2. The van der Waals surface area contributed by atoms with Gasteiger partial charge in [0.15, 0.2) is 0 Å². The number of benzene rings is 1. The van der Waals surface area contributed by atoms with Crippen molar-refractivity contribution in [1.29, 1.82) is 0 Å². The fraction of sp³-hybridized carbons (Fsp3) is 0.667. The number of likely N-dealkylation sites (tertiary alicyclic amines) is 1. The van der Waals surface area contributed by atoms with Gasteiger partial charge in [0.2, 0.25) is 5.91 Å². The van der Waals surface area contributed by atoms with Gasteiger partial charge < -0.3 is 15.0 Å². The molecular weight excluding hydrogens is 362 g/mol. The molecule has 5 nitrogen and oxygen atoms in total. The van der Waals surface area contributed by atoms with Gasteiger partial charge in [-0.05, 0) is 36.8 Å². The predicted octanol–water partition coefficient (Wildman–Crippen LogP) is 2.40. The van der Waals surface area contributed by atoms with E-state index in [0.29, 0.717) is 18.0 Å². The number of amides is 1. The lowest BCUT2D eigenvalue weighted by Crippen LogP contribution is -2.53. The number of nitrogens with zero attached hydrogens (tertiary/aromatic N) is 2. The number of aryl methyl sites for hydroxylation is 1. The Morgan fingerprint density at radius 1 is 1.07 bits per heavy atom. The van der Waals surface area contributed by atoms with Crippen molar-refractivity contribution in [1.82, 2.24) is 15.1 Å². The maximum absolute atomic E-state index is 13.2. The molecule has 3 aliphatic heterocycles. The highest BCUT2D eigenvalue weighted by atomic mass is 35.5. The van der Waals surface area contributed by atoms with Gasteiger partial charge in [-0.25, -0.2) is 0 Å². The Morgan fingerprint density at radius 3 is 2.52 bits per heavy atom. The van der Waals surface area contributed by atoms with E-state index < -0.39 is 0 Å². The molecule has 0 aliphatic carbocycles. The van der Waals surface area contributed by atoms with Crippen LogP contribution in [0.5, 0.6) is 0 Å². The molecule has 0 spiro atoms. The Morgan fingerprint density at radius 2 is 1.81 bits per heavy atom. The summed E-state index contributed by atoms with van der Waals surface area (Å²) in [5, 5.41) is 3.52. The van der Waals surface area contributed by atoms with Gasteiger partial charge in [-0.3, -0.25) is 9.69 Å². The first kappa shape index (κ1) is 20.6. The zero-order valence-electron chi connectivity index (χ0n) is 16.2. The maximum Gasteiger partial charge on any atom is 0.240 e. The highest BCUT2D eigenvalue weighted by Gasteiger charge is 2.42. The minimum atomic E-state index is 0. The molecule has 0 bridgehead atoms.